The van der Waals surface area contributed by atoms with Gasteiger partial charge in [0.05, 0.1) is 17.1 Å². The fourth-order valence-corrected chi connectivity index (χ4v) is 6.52. The molecule has 3 aromatic carbocycles. The number of piperazine rings is 1. The lowest BCUT2D eigenvalue weighted by Crippen LogP contribution is -2.56. The van der Waals surface area contributed by atoms with Crippen LogP contribution in [-0.2, 0) is 21.4 Å². The molecule has 1 fully saturated rings. The topological polar surface area (TPSA) is 88.6 Å². The number of hydrogen-bond acceptors (Lipinski definition) is 7. The zero-order valence-corrected chi connectivity index (χ0v) is 22.0. The van der Waals surface area contributed by atoms with E-state index in [1.54, 1.807) is 29.2 Å². The van der Waals surface area contributed by atoms with Gasteiger partial charge in [-0.3, -0.25) is 14.0 Å². The van der Waals surface area contributed by atoms with E-state index in [1.165, 1.54) is 28.6 Å². The summed E-state index contributed by atoms with van der Waals surface area (Å²) < 4.78 is 45.3. The molecule has 0 bridgehead atoms. The quantitative estimate of drug-likeness (QED) is 0.477. The van der Waals surface area contributed by atoms with Crippen LogP contribution in [0.3, 0.4) is 0 Å². The number of carbonyl (C=O) groups excluding carboxylic acids is 1. The molecule has 0 N–H and O–H groups in total. The van der Waals surface area contributed by atoms with E-state index >= 15 is 0 Å². The van der Waals surface area contributed by atoms with E-state index in [0.29, 0.717) is 42.6 Å². The van der Waals surface area contributed by atoms with Gasteiger partial charge in [0, 0.05) is 37.7 Å². The van der Waals surface area contributed by atoms with Crippen LogP contribution in [0.4, 0.5) is 5.69 Å². The van der Waals surface area contributed by atoms with Gasteiger partial charge in [-0.1, -0.05) is 29.8 Å². The minimum absolute atomic E-state index is 0.0990. The summed E-state index contributed by atoms with van der Waals surface area (Å²) in [6, 6.07) is 18.8. The largest absolute Gasteiger partial charge is 0.476 e. The highest BCUT2D eigenvalue weighted by Crippen LogP contribution is 2.37. The third-order valence-electron chi connectivity index (χ3n) is 6.94. The molecular weight excluding hydrogens is 530 g/mol. The summed E-state index contributed by atoms with van der Waals surface area (Å²) in [6.45, 7) is 3.29. The van der Waals surface area contributed by atoms with Gasteiger partial charge in [-0.15, -0.1) is 0 Å². The highest BCUT2D eigenvalue weighted by molar-refractivity contribution is 7.92. The number of nitrogens with zero attached hydrogens (tertiary/aromatic N) is 3. The maximum Gasteiger partial charge on any atom is 0.265 e. The van der Waals surface area contributed by atoms with Crippen molar-refractivity contribution in [2.75, 3.05) is 43.8 Å². The maximum absolute atomic E-state index is 13.6. The van der Waals surface area contributed by atoms with E-state index in [1.807, 2.05) is 18.2 Å². The number of carbonyl (C=O) groups is 1. The minimum atomic E-state index is -3.94. The van der Waals surface area contributed by atoms with Gasteiger partial charge < -0.3 is 19.1 Å². The van der Waals surface area contributed by atoms with Gasteiger partial charge >= 0.3 is 0 Å². The molecule has 0 aliphatic carbocycles. The molecule has 0 radical (unpaired) electrons. The number of amides is 1. The first-order chi connectivity index (χ1) is 18.4. The van der Waals surface area contributed by atoms with Gasteiger partial charge in [-0.2, -0.15) is 0 Å². The lowest BCUT2D eigenvalue weighted by atomic mass is 10.1. The van der Waals surface area contributed by atoms with Gasteiger partial charge in [0.1, 0.15) is 5.75 Å². The van der Waals surface area contributed by atoms with Crippen LogP contribution in [-0.4, -0.2) is 69.7 Å². The van der Waals surface area contributed by atoms with Gasteiger partial charge in [-0.25, -0.2) is 8.42 Å². The molecule has 3 aliphatic heterocycles. The zero-order chi connectivity index (χ0) is 26.3. The van der Waals surface area contributed by atoms with Crippen molar-refractivity contribution in [1.82, 2.24) is 9.80 Å². The second-order valence-electron chi connectivity index (χ2n) is 9.35. The summed E-state index contributed by atoms with van der Waals surface area (Å²) in [7, 11) is -3.94. The number of anilines is 1. The van der Waals surface area contributed by atoms with Crippen molar-refractivity contribution in [3.63, 3.8) is 0 Å². The Kier molecular flexibility index (Phi) is 6.55. The van der Waals surface area contributed by atoms with Gasteiger partial charge in [0.25, 0.3) is 15.9 Å². The molecule has 1 amide bonds. The molecule has 1 atom stereocenters. The van der Waals surface area contributed by atoms with E-state index in [4.69, 9.17) is 25.8 Å². The second kappa shape index (κ2) is 10.0. The van der Waals surface area contributed by atoms with Crippen molar-refractivity contribution >= 4 is 33.2 Å². The number of para-hydroxylation sites is 2. The molecule has 0 unspecified atom stereocenters. The van der Waals surface area contributed by atoms with Crippen molar-refractivity contribution in [2.45, 2.75) is 17.5 Å². The second-order valence-corrected chi connectivity index (χ2v) is 11.7. The molecule has 6 rings (SSSR count). The molecule has 3 aliphatic rings. The number of benzene rings is 3. The van der Waals surface area contributed by atoms with Crippen molar-refractivity contribution in [3.8, 4) is 17.2 Å². The van der Waals surface area contributed by atoms with E-state index in [2.05, 4.69) is 4.90 Å². The number of hydrogen-bond donors (Lipinski definition) is 0. The molecule has 11 heteroatoms. The predicted octanol–water partition coefficient (Wildman–Crippen LogP) is 3.37. The van der Waals surface area contributed by atoms with Crippen LogP contribution in [0.25, 0.3) is 0 Å². The number of sulfonamides is 1. The average molecular weight is 556 g/mol. The number of ether oxygens (including phenoxy) is 3. The zero-order valence-electron chi connectivity index (χ0n) is 20.5. The predicted molar refractivity (Wildman–Crippen MR) is 141 cm³/mol. The van der Waals surface area contributed by atoms with Crippen molar-refractivity contribution in [2.24, 2.45) is 0 Å². The lowest BCUT2D eigenvalue weighted by molar-refractivity contribution is -0.140. The standard InChI is InChI=1S/C27H26ClN3O6S/c28-20-6-8-21(9-7-20)38(33,34)31-17-26(37-23-4-2-1-3-22(23)31)27(32)30-13-11-29(12-14-30)16-19-5-10-24-25(15-19)36-18-35-24/h1-10,15,26H,11-14,16-18H2/t26-/m1/s1. The number of rotatable bonds is 5. The molecule has 0 spiro atoms. The van der Waals surface area contributed by atoms with Gasteiger partial charge in [0.2, 0.25) is 6.79 Å². The Bertz CT molecular complexity index is 1460. The van der Waals surface area contributed by atoms with Crippen LogP contribution in [0, 0.1) is 0 Å². The van der Waals surface area contributed by atoms with Crippen LogP contribution in [0.1, 0.15) is 5.56 Å². The summed E-state index contributed by atoms with van der Waals surface area (Å²) >= 11 is 5.96. The maximum atomic E-state index is 13.6. The molecule has 198 valence electrons. The third kappa shape index (κ3) is 4.75. The van der Waals surface area contributed by atoms with E-state index in [0.717, 1.165) is 23.6 Å². The van der Waals surface area contributed by atoms with Crippen molar-refractivity contribution < 1.29 is 27.4 Å². The van der Waals surface area contributed by atoms with E-state index in [9.17, 15) is 13.2 Å². The number of fused-ring (bicyclic) bond motifs is 2. The normalized spacial score (nSPS) is 19.1. The van der Waals surface area contributed by atoms with Crippen LogP contribution < -0.4 is 18.5 Å². The molecular formula is C27H26ClN3O6S. The van der Waals surface area contributed by atoms with E-state index in [-0.39, 0.29) is 24.1 Å². The molecule has 0 aromatic heterocycles. The highest BCUT2D eigenvalue weighted by Gasteiger charge is 2.39. The van der Waals surface area contributed by atoms with Crippen molar-refractivity contribution in [3.05, 3.63) is 77.3 Å². The van der Waals surface area contributed by atoms with Crippen LogP contribution in [0.5, 0.6) is 17.2 Å². The van der Waals surface area contributed by atoms with Crippen LogP contribution >= 0.6 is 11.6 Å². The Morgan fingerprint density at radius 3 is 2.42 bits per heavy atom. The Labute approximate surface area is 226 Å². The molecule has 9 nitrogen and oxygen atoms in total. The molecule has 1 saturated heterocycles. The number of halogens is 1. The molecule has 3 heterocycles. The molecule has 3 aromatic rings. The monoisotopic (exact) mass is 555 g/mol. The highest BCUT2D eigenvalue weighted by atomic mass is 35.5. The summed E-state index contributed by atoms with van der Waals surface area (Å²) in [5.74, 6) is 1.64. The minimum Gasteiger partial charge on any atom is -0.476 e. The first-order valence-electron chi connectivity index (χ1n) is 12.3. The summed E-state index contributed by atoms with van der Waals surface area (Å²) in [4.78, 5) is 17.6. The summed E-state index contributed by atoms with van der Waals surface area (Å²) in [5.41, 5.74) is 1.52. The SMILES string of the molecule is O=C([C@H]1CN(S(=O)(=O)c2ccc(Cl)cc2)c2ccccc2O1)N1CCN(Cc2ccc3c(c2)OCO3)CC1. The Hall–Kier alpha value is -3.47. The summed E-state index contributed by atoms with van der Waals surface area (Å²) in [6.07, 6.45) is -0.951. The summed E-state index contributed by atoms with van der Waals surface area (Å²) in [5, 5.41) is 0.442. The van der Waals surface area contributed by atoms with Crippen LogP contribution in [0.15, 0.2) is 71.6 Å². The Morgan fingerprint density at radius 1 is 0.895 bits per heavy atom. The molecule has 38 heavy (non-hydrogen) atoms. The fourth-order valence-electron chi connectivity index (χ4n) is 4.92. The van der Waals surface area contributed by atoms with Crippen molar-refractivity contribution in [1.29, 1.82) is 0 Å². The Morgan fingerprint density at radius 2 is 1.63 bits per heavy atom. The lowest BCUT2D eigenvalue weighted by Gasteiger charge is -2.39. The molecule has 0 saturated carbocycles. The van der Waals surface area contributed by atoms with Gasteiger partial charge in [0.15, 0.2) is 17.6 Å². The van der Waals surface area contributed by atoms with E-state index < -0.39 is 16.1 Å². The third-order valence-corrected chi connectivity index (χ3v) is 8.98. The van der Waals surface area contributed by atoms with Gasteiger partial charge in [-0.05, 0) is 54.1 Å². The first-order valence-corrected chi connectivity index (χ1v) is 14.1. The van der Waals surface area contributed by atoms with Crippen LogP contribution in [0.2, 0.25) is 5.02 Å². The smallest absolute Gasteiger partial charge is 0.265 e. The Balaban J connectivity index is 1.15. The average Bonchev–Trinajstić information content (AvgIpc) is 3.41. The first kappa shape index (κ1) is 24.8. The fraction of sp³-hybridized carbons (Fsp3) is 0.296.